The van der Waals surface area contributed by atoms with Gasteiger partial charge in [0.1, 0.15) is 0 Å². The van der Waals surface area contributed by atoms with Gasteiger partial charge in [0.25, 0.3) is 0 Å². The van der Waals surface area contributed by atoms with Crippen molar-refractivity contribution in [2.24, 2.45) is 5.73 Å². The molecular weight excluding hydrogens is 188 g/mol. The summed E-state index contributed by atoms with van der Waals surface area (Å²) in [5.41, 5.74) is 6.62. The Balaban J connectivity index is 2.08. The van der Waals surface area contributed by atoms with Gasteiger partial charge in [0.05, 0.1) is 6.04 Å². The number of nitrogens with one attached hydrogen (secondary N) is 1. The largest absolute Gasteiger partial charge is 0.368 e. The molecule has 15 heavy (non-hydrogen) atoms. The van der Waals surface area contributed by atoms with Crippen LogP contribution in [-0.2, 0) is 4.79 Å². The Hall–Kier alpha value is -1.35. The van der Waals surface area contributed by atoms with Crippen molar-refractivity contribution in [3.63, 3.8) is 0 Å². The van der Waals surface area contributed by atoms with E-state index in [4.69, 9.17) is 5.73 Å². The Morgan fingerprint density at radius 2 is 2.07 bits per heavy atom. The van der Waals surface area contributed by atoms with Gasteiger partial charge < -0.3 is 11.1 Å². The van der Waals surface area contributed by atoms with E-state index in [2.05, 4.69) is 17.4 Å². The maximum Gasteiger partial charge on any atom is 0.234 e. The summed E-state index contributed by atoms with van der Waals surface area (Å²) in [5, 5.41) is 3.14. The fraction of sp³-hybridized carbons (Fsp3) is 0.417. The molecule has 0 saturated carbocycles. The first-order valence-electron chi connectivity index (χ1n) is 5.35. The average molecular weight is 204 g/mol. The van der Waals surface area contributed by atoms with Crippen LogP contribution in [0.2, 0.25) is 0 Å². The molecule has 1 aromatic carbocycles. The first-order valence-corrected chi connectivity index (χ1v) is 5.35. The minimum Gasteiger partial charge on any atom is -0.368 e. The van der Waals surface area contributed by atoms with Crippen molar-refractivity contribution < 1.29 is 4.79 Å². The third kappa shape index (κ3) is 2.36. The van der Waals surface area contributed by atoms with Gasteiger partial charge in [-0.15, -0.1) is 0 Å². The number of carbonyl (C=O) groups is 1. The van der Waals surface area contributed by atoms with Crippen LogP contribution in [0.4, 0.5) is 0 Å². The summed E-state index contributed by atoms with van der Waals surface area (Å²) in [4.78, 5) is 11.1. The lowest BCUT2D eigenvalue weighted by Gasteiger charge is -2.28. The van der Waals surface area contributed by atoms with Gasteiger partial charge in [0.2, 0.25) is 5.91 Å². The molecule has 2 atom stereocenters. The molecule has 1 fully saturated rings. The third-order valence-corrected chi connectivity index (χ3v) is 3.02. The number of piperidine rings is 1. The molecule has 1 unspecified atom stereocenters. The van der Waals surface area contributed by atoms with E-state index in [1.165, 1.54) is 5.56 Å². The summed E-state index contributed by atoms with van der Waals surface area (Å²) >= 11 is 0. The van der Waals surface area contributed by atoms with Gasteiger partial charge in [-0.25, -0.2) is 0 Å². The minimum atomic E-state index is -0.240. The number of amides is 1. The zero-order valence-corrected chi connectivity index (χ0v) is 8.65. The van der Waals surface area contributed by atoms with Gasteiger partial charge in [0, 0.05) is 0 Å². The second-order valence-corrected chi connectivity index (χ2v) is 4.04. The maximum absolute atomic E-state index is 11.1. The van der Waals surface area contributed by atoms with Crippen LogP contribution < -0.4 is 11.1 Å². The molecule has 1 amide bonds. The highest BCUT2D eigenvalue weighted by atomic mass is 16.1. The van der Waals surface area contributed by atoms with Crippen LogP contribution >= 0.6 is 0 Å². The zero-order chi connectivity index (χ0) is 10.7. The highest BCUT2D eigenvalue weighted by Gasteiger charge is 2.25. The van der Waals surface area contributed by atoms with Crippen molar-refractivity contribution in [1.82, 2.24) is 5.32 Å². The Kier molecular flexibility index (Phi) is 3.02. The summed E-state index contributed by atoms with van der Waals surface area (Å²) in [6.45, 7) is 0.868. The number of carbonyl (C=O) groups excluding carboxylic acids is 1. The van der Waals surface area contributed by atoms with E-state index in [0.717, 1.165) is 19.4 Å². The number of primary amides is 1. The molecule has 3 nitrogen and oxygen atoms in total. The molecule has 0 radical (unpaired) electrons. The molecule has 0 aromatic heterocycles. The topological polar surface area (TPSA) is 55.1 Å². The molecule has 1 aliphatic rings. The Labute approximate surface area is 89.7 Å². The van der Waals surface area contributed by atoms with Gasteiger partial charge >= 0.3 is 0 Å². The normalized spacial score (nSPS) is 26.1. The van der Waals surface area contributed by atoms with E-state index in [0.29, 0.717) is 5.92 Å². The lowest BCUT2D eigenvalue weighted by molar-refractivity contribution is -0.120. The van der Waals surface area contributed by atoms with Gasteiger partial charge in [-0.05, 0) is 30.9 Å². The Morgan fingerprint density at radius 1 is 1.33 bits per heavy atom. The van der Waals surface area contributed by atoms with Crippen molar-refractivity contribution >= 4 is 5.91 Å². The highest BCUT2D eigenvalue weighted by Crippen LogP contribution is 2.27. The predicted octanol–water partition coefficient (Wildman–Crippen LogP) is 1.01. The van der Waals surface area contributed by atoms with Crippen LogP contribution in [0, 0.1) is 0 Å². The Bertz CT molecular complexity index is 337. The maximum atomic E-state index is 11.1. The van der Waals surface area contributed by atoms with Crippen molar-refractivity contribution in [1.29, 1.82) is 0 Å². The lowest BCUT2D eigenvalue weighted by Crippen LogP contribution is -2.46. The average Bonchev–Trinajstić information content (AvgIpc) is 2.30. The molecule has 0 bridgehead atoms. The van der Waals surface area contributed by atoms with Gasteiger partial charge in [-0.1, -0.05) is 30.3 Å². The molecule has 2 rings (SSSR count). The molecule has 0 spiro atoms. The molecule has 1 aromatic rings. The van der Waals surface area contributed by atoms with Crippen LogP contribution in [0.25, 0.3) is 0 Å². The number of hydrogen-bond acceptors (Lipinski definition) is 2. The fourth-order valence-corrected chi connectivity index (χ4v) is 2.16. The third-order valence-electron chi connectivity index (χ3n) is 3.02. The molecule has 3 N–H and O–H groups in total. The quantitative estimate of drug-likeness (QED) is 0.755. The van der Waals surface area contributed by atoms with E-state index in [1.54, 1.807) is 0 Å². The number of hydrogen-bond donors (Lipinski definition) is 2. The summed E-state index contributed by atoms with van der Waals surface area (Å²) in [5.74, 6) is 0.223. The second-order valence-electron chi connectivity index (χ2n) is 4.04. The smallest absolute Gasteiger partial charge is 0.234 e. The van der Waals surface area contributed by atoms with Crippen LogP contribution in [0.1, 0.15) is 24.3 Å². The molecule has 80 valence electrons. The van der Waals surface area contributed by atoms with E-state index >= 15 is 0 Å². The molecule has 3 heteroatoms. The van der Waals surface area contributed by atoms with E-state index in [1.807, 2.05) is 18.2 Å². The lowest BCUT2D eigenvalue weighted by atomic mass is 9.86. The zero-order valence-electron chi connectivity index (χ0n) is 8.65. The summed E-state index contributed by atoms with van der Waals surface area (Å²) in [7, 11) is 0. The Morgan fingerprint density at radius 3 is 2.73 bits per heavy atom. The van der Waals surface area contributed by atoms with Crippen molar-refractivity contribution in [3.05, 3.63) is 35.9 Å². The molecule has 0 aliphatic carbocycles. The number of benzene rings is 1. The molecular formula is C12H16N2O. The van der Waals surface area contributed by atoms with Crippen LogP contribution in [0.5, 0.6) is 0 Å². The van der Waals surface area contributed by atoms with E-state index < -0.39 is 0 Å². The van der Waals surface area contributed by atoms with Crippen LogP contribution in [0.15, 0.2) is 30.3 Å². The fourth-order valence-electron chi connectivity index (χ4n) is 2.16. The molecule has 1 heterocycles. The van der Waals surface area contributed by atoms with Gasteiger partial charge in [0.15, 0.2) is 0 Å². The van der Waals surface area contributed by atoms with Crippen molar-refractivity contribution in [2.45, 2.75) is 24.8 Å². The van der Waals surface area contributed by atoms with E-state index in [-0.39, 0.29) is 11.9 Å². The van der Waals surface area contributed by atoms with Gasteiger partial charge in [-0.3, -0.25) is 4.79 Å². The summed E-state index contributed by atoms with van der Waals surface area (Å²) in [6.07, 6.45) is 1.90. The van der Waals surface area contributed by atoms with Crippen LogP contribution in [0.3, 0.4) is 0 Å². The standard InChI is InChI=1S/C12H16N2O/c13-12(15)11-8-10(6-7-14-11)9-4-2-1-3-5-9/h1-5,10-11,14H,6-8H2,(H2,13,15)/t10?,11-/m0/s1. The monoisotopic (exact) mass is 204 g/mol. The molecule has 1 aliphatic heterocycles. The SMILES string of the molecule is NC(=O)[C@@H]1CC(c2ccccc2)CCN1. The minimum absolute atomic E-state index is 0.163. The summed E-state index contributed by atoms with van der Waals surface area (Å²) in [6, 6.07) is 10.2. The summed E-state index contributed by atoms with van der Waals surface area (Å²) < 4.78 is 0. The first-order chi connectivity index (χ1) is 7.27. The van der Waals surface area contributed by atoms with E-state index in [9.17, 15) is 4.79 Å². The first kappa shape index (κ1) is 10.2. The number of nitrogens with two attached hydrogens (primary N) is 1. The van der Waals surface area contributed by atoms with Crippen LogP contribution in [-0.4, -0.2) is 18.5 Å². The van der Waals surface area contributed by atoms with Gasteiger partial charge in [-0.2, -0.15) is 0 Å². The van der Waals surface area contributed by atoms with Crippen molar-refractivity contribution in [3.8, 4) is 0 Å². The van der Waals surface area contributed by atoms with Crippen molar-refractivity contribution in [2.75, 3.05) is 6.54 Å². The number of rotatable bonds is 2. The molecule has 1 saturated heterocycles. The predicted molar refractivity (Wildman–Crippen MR) is 59.4 cm³/mol. The highest BCUT2D eigenvalue weighted by molar-refractivity contribution is 5.80. The second kappa shape index (κ2) is 4.45.